The van der Waals surface area contributed by atoms with Crippen molar-refractivity contribution >= 4 is 29.5 Å². The highest BCUT2D eigenvalue weighted by atomic mass is 19.1. The number of Topliss-reactive ketones (excluding diaryl/α,β-unsaturated/α-hetero) is 1. The van der Waals surface area contributed by atoms with Gasteiger partial charge in [0.1, 0.15) is 11.9 Å². The number of fused-ring (bicyclic) bond motifs is 2. The molecule has 0 fully saturated rings. The number of carbonyl (C=O) groups excluding carboxylic acids is 5. The Bertz CT molecular complexity index is 1580. The number of allylic oxidation sites excluding steroid dienone is 4. The topological polar surface area (TPSA) is 183 Å². The maximum absolute atomic E-state index is 13.8. The third-order valence-electron chi connectivity index (χ3n) is 8.14. The average Bonchev–Trinajstić information content (AvgIpc) is 3.04. The molecule has 1 heterocycles. The summed E-state index contributed by atoms with van der Waals surface area (Å²) in [6.45, 7) is 6.72. The lowest BCUT2D eigenvalue weighted by atomic mass is 9.85. The Kier molecular flexibility index (Phi) is 13.3. The molecule has 1 aromatic rings. The molecule has 258 valence electrons. The highest BCUT2D eigenvalue weighted by Gasteiger charge is 2.34. The van der Waals surface area contributed by atoms with Crippen LogP contribution in [-0.4, -0.2) is 73.2 Å². The number of nitrogens with one attached hydrogen (secondary N) is 2. The molecule has 2 aliphatic rings. The second-order valence-corrected chi connectivity index (χ2v) is 11.9. The summed E-state index contributed by atoms with van der Waals surface area (Å²) in [5.74, 6) is -4.29. The number of rotatable bonds is 5. The molecule has 0 unspecified atom stereocenters. The molecule has 5 N–H and O–H groups in total. The Labute approximate surface area is 278 Å². The minimum absolute atomic E-state index is 0.0335. The predicted octanol–water partition coefficient (Wildman–Crippen LogP) is 3.33. The van der Waals surface area contributed by atoms with E-state index in [0.717, 1.165) is 18.2 Å². The first-order valence-corrected chi connectivity index (χ1v) is 15.3. The van der Waals surface area contributed by atoms with Gasteiger partial charge < -0.3 is 35.7 Å². The summed E-state index contributed by atoms with van der Waals surface area (Å²) >= 11 is 0. The van der Waals surface area contributed by atoms with Crippen molar-refractivity contribution in [3.8, 4) is 0 Å². The predicted molar refractivity (Wildman–Crippen MR) is 173 cm³/mol. The lowest BCUT2D eigenvalue weighted by Crippen LogP contribution is -2.38. The number of aliphatic hydroxyl groups excluding tert-OH is 1. The number of halogens is 1. The van der Waals surface area contributed by atoms with Crippen molar-refractivity contribution < 1.29 is 47.7 Å². The Balaban J connectivity index is 2.09. The number of primary amides is 1. The number of hydrogen-bond acceptors (Lipinski definition) is 9. The highest BCUT2D eigenvalue weighted by Crippen LogP contribution is 2.29. The van der Waals surface area contributed by atoms with Crippen LogP contribution in [0.4, 0.5) is 9.18 Å². The van der Waals surface area contributed by atoms with Gasteiger partial charge in [-0.2, -0.15) is 0 Å². The van der Waals surface area contributed by atoms with E-state index in [1.54, 1.807) is 32.9 Å². The summed E-state index contributed by atoms with van der Waals surface area (Å²) in [5, 5.41) is 16.3. The molecule has 1 aromatic carbocycles. The quantitative estimate of drug-likeness (QED) is 0.270. The number of ketones is 2. The molecule has 0 saturated heterocycles. The van der Waals surface area contributed by atoms with Crippen LogP contribution in [0.15, 0.2) is 82.8 Å². The molecular weight excluding hydrogens is 625 g/mol. The number of ether oxygens (including phenoxy) is 3. The van der Waals surface area contributed by atoms with E-state index >= 15 is 0 Å². The maximum Gasteiger partial charge on any atom is 0.405 e. The van der Waals surface area contributed by atoms with E-state index in [1.165, 1.54) is 45.4 Å². The van der Waals surface area contributed by atoms with Crippen LogP contribution in [0.25, 0.3) is 0 Å². The number of hydrogen-bond donors (Lipinski definition) is 4. The fraction of sp³-hybridized carbons (Fsp3) is 0.400. The van der Waals surface area contributed by atoms with Crippen molar-refractivity contribution in [3.05, 3.63) is 94.1 Å². The SMILES string of the molecule is CO[C@@H]1/C=C\C=C(\C)C(=O)NC2=CC(=O)C(NC(=O)c3ccc(F)cc3)=C(C[C@@H](C)C[C@@H](OC)[C@@H](O)[C@@H](C)/C=C(/C)[C@H]1OC(N)=O)C2=O. The third kappa shape index (κ3) is 9.66. The van der Waals surface area contributed by atoms with E-state index in [4.69, 9.17) is 19.9 Å². The van der Waals surface area contributed by atoms with Crippen LogP contribution in [0.2, 0.25) is 0 Å². The zero-order valence-corrected chi connectivity index (χ0v) is 27.7. The fourth-order valence-electron chi connectivity index (χ4n) is 5.51. The van der Waals surface area contributed by atoms with Crippen molar-refractivity contribution in [1.29, 1.82) is 0 Å². The zero-order valence-electron chi connectivity index (χ0n) is 27.7. The van der Waals surface area contributed by atoms with Crippen LogP contribution >= 0.6 is 0 Å². The molecule has 2 bridgehead atoms. The van der Waals surface area contributed by atoms with Gasteiger partial charge >= 0.3 is 6.09 Å². The Hall–Kier alpha value is -4.72. The van der Waals surface area contributed by atoms with Crippen molar-refractivity contribution in [2.75, 3.05) is 14.2 Å². The molecule has 3 rings (SSSR count). The number of benzene rings is 1. The van der Waals surface area contributed by atoms with E-state index < -0.39 is 71.5 Å². The van der Waals surface area contributed by atoms with Crippen LogP contribution in [0, 0.1) is 17.7 Å². The van der Waals surface area contributed by atoms with E-state index in [2.05, 4.69) is 10.6 Å². The van der Waals surface area contributed by atoms with Crippen LogP contribution in [0.5, 0.6) is 0 Å². The van der Waals surface area contributed by atoms with Crippen molar-refractivity contribution in [2.24, 2.45) is 17.6 Å². The van der Waals surface area contributed by atoms with Gasteiger partial charge in [-0.05, 0) is 62.4 Å². The second kappa shape index (κ2) is 16.9. The van der Waals surface area contributed by atoms with Gasteiger partial charge in [0.25, 0.3) is 11.8 Å². The van der Waals surface area contributed by atoms with Gasteiger partial charge in [0, 0.05) is 42.9 Å². The van der Waals surface area contributed by atoms with Gasteiger partial charge in [-0.1, -0.05) is 38.2 Å². The second-order valence-electron chi connectivity index (χ2n) is 11.9. The number of carbonyl (C=O) groups is 5. The Morgan fingerprint density at radius 2 is 1.73 bits per heavy atom. The van der Waals surface area contributed by atoms with Crippen LogP contribution in [0.1, 0.15) is 50.9 Å². The maximum atomic E-state index is 13.8. The molecular formula is C35H42FN3O9. The summed E-state index contributed by atoms with van der Waals surface area (Å²) < 4.78 is 30.0. The van der Waals surface area contributed by atoms with E-state index in [-0.39, 0.29) is 40.9 Å². The standard InChI is InChI=1S/C35H42FN3O9/c1-18-14-24-29(39-34(44)22-10-12-23(36)13-11-22)26(40)17-25(31(24)42)38-33(43)19(2)8-7-9-27(46-5)32(48-35(37)45)21(4)16-20(3)30(41)28(15-18)47-6/h7-13,16-18,20,27-28,30,32,41H,14-15H2,1-6H3,(H2,37,45)(H,38,43)(H,39,44)/b9-7-,19-8-,21-16-/t18-,20+,27-,28-,30+,32-/m1/s1. The summed E-state index contributed by atoms with van der Waals surface area (Å²) in [6.07, 6.45) is 2.67. The van der Waals surface area contributed by atoms with Crippen LogP contribution in [0.3, 0.4) is 0 Å². The molecule has 1 aliphatic carbocycles. The number of methoxy groups -OCH3 is 2. The number of amides is 3. The largest absolute Gasteiger partial charge is 0.439 e. The minimum Gasteiger partial charge on any atom is -0.439 e. The molecule has 0 spiro atoms. The molecule has 13 heteroatoms. The van der Waals surface area contributed by atoms with Crippen LogP contribution in [-0.2, 0) is 28.6 Å². The molecule has 48 heavy (non-hydrogen) atoms. The number of aliphatic hydroxyl groups is 1. The molecule has 12 nitrogen and oxygen atoms in total. The third-order valence-corrected chi connectivity index (χ3v) is 8.14. The zero-order chi connectivity index (χ0) is 35.7. The van der Waals surface area contributed by atoms with E-state index in [9.17, 15) is 33.5 Å². The molecule has 0 aromatic heterocycles. The monoisotopic (exact) mass is 667 g/mol. The molecule has 0 radical (unpaired) electrons. The van der Waals surface area contributed by atoms with Crippen molar-refractivity contribution in [2.45, 2.75) is 65.0 Å². The van der Waals surface area contributed by atoms with E-state index in [0.29, 0.717) is 5.57 Å². The summed E-state index contributed by atoms with van der Waals surface area (Å²) in [4.78, 5) is 65.1. The summed E-state index contributed by atoms with van der Waals surface area (Å²) in [5.41, 5.74) is 5.49. The van der Waals surface area contributed by atoms with Gasteiger partial charge in [0.05, 0.1) is 23.6 Å². The van der Waals surface area contributed by atoms with Crippen LogP contribution < -0.4 is 16.4 Å². The molecule has 6 atom stereocenters. The first kappa shape index (κ1) is 37.7. The Morgan fingerprint density at radius 3 is 2.33 bits per heavy atom. The van der Waals surface area contributed by atoms with Crippen molar-refractivity contribution in [1.82, 2.24) is 10.6 Å². The van der Waals surface area contributed by atoms with E-state index in [1.807, 2.05) is 0 Å². The van der Waals surface area contributed by atoms with Gasteiger partial charge in [0.2, 0.25) is 11.6 Å². The lowest BCUT2D eigenvalue weighted by molar-refractivity contribution is -0.120. The fourth-order valence-corrected chi connectivity index (χ4v) is 5.51. The Morgan fingerprint density at radius 1 is 1.06 bits per heavy atom. The highest BCUT2D eigenvalue weighted by molar-refractivity contribution is 6.24. The first-order chi connectivity index (χ1) is 22.7. The minimum atomic E-state index is -1.06. The molecule has 0 saturated carbocycles. The number of nitrogens with two attached hydrogens (primary N) is 1. The first-order valence-electron chi connectivity index (χ1n) is 15.3. The normalized spacial score (nSPS) is 29.1. The smallest absolute Gasteiger partial charge is 0.405 e. The average molecular weight is 668 g/mol. The van der Waals surface area contributed by atoms with Gasteiger partial charge in [-0.15, -0.1) is 0 Å². The van der Waals surface area contributed by atoms with Crippen molar-refractivity contribution in [3.63, 3.8) is 0 Å². The molecule has 3 amide bonds. The summed E-state index contributed by atoms with van der Waals surface area (Å²) in [6, 6.07) is 4.66. The lowest BCUT2D eigenvalue weighted by Gasteiger charge is -2.30. The molecule has 1 aliphatic heterocycles. The van der Waals surface area contributed by atoms with Gasteiger partial charge in [-0.25, -0.2) is 9.18 Å². The summed E-state index contributed by atoms with van der Waals surface area (Å²) in [7, 11) is 2.83. The van der Waals surface area contributed by atoms with Gasteiger partial charge in [-0.3, -0.25) is 19.2 Å². The van der Waals surface area contributed by atoms with Gasteiger partial charge in [0.15, 0.2) is 6.10 Å².